The maximum Gasteiger partial charge on any atom is 0.123 e. The molecule has 96 valence electrons. The lowest BCUT2D eigenvalue weighted by Crippen LogP contribution is -2.13. The first kappa shape index (κ1) is 14.7. The monoisotopic (exact) mass is 273 g/mol. The summed E-state index contributed by atoms with van der Waals surface area (Å²) in [6.45, 7) is 6.73. The normalized spacial score (nSPS) is 10.5. The molecule has 0 amide bonds. The van der Waals surface area contributed by atoms with Gasteiger partial charge < -0.3 is 10.1 Å². The fraction of sp³-hybridized carbons (Fsp3) is 0.538. The summed E-state index contributed by atoms with van der Waals surface area (Å²) in [6.07, 6.45) is 0. The molecular weight excluding hydrogens is 254 g/mol. The van der Waals surface area contributed by atoms with E-state index in [2.05, 4.69) is 19.2 Å². The molecule has 0 radical (unpaired) electrons. The second-order valence-corrected chi connectivity index (χ2v) is 5.41. The third-order valence-electron chi connectivity index (χ3n) is 2.28. The van der Waals surface area contributed by atoms with Gasteiger partial charge in [0.1, 0.15) is 5.75 Å². The van der Waals surface area contributed by atoms with E-state index in [1.807, 2.05) is 30.0 Å². The third kappa shape index (κ3) is 5.66. The minimum atomic E-state index is 0.749. The molecule has 0 aliphatic rings. The van der Waals surface area contributed by atoms with Crippen molar-refractivity contribution < 1.29 is 4.74 Å². The van der Waals surface area contributed by atoms with Gasteiger partial charge in [-0.15, -0.1) is 0 Å². The maximum absolute atomic E-state index is 5.99. The Labute approximate surface area is 113 Å². The van der Waals surface area contributed by atoms with Gasteiger partial charge in [0, 0.05) is 22.9 Å². The van der Waals surface area contributed by atoms with Gasteiger partial charge in [0.15, 0.2) is 0 Å². The van der Waals surface area contributed by atoms with Gasteiger partial charge in [-0.3, -0.25) is 0 Å². The van der Waals surface area contributed by atoms with Crippen molar-refractivity contribution in [3.63, 3.8) is 0 Å². The van der Waals surface area contributed by atoms with Crippen LogP contribution >= 0.6 is 23.4 Å². The molecule has 2 nitrogen and oxygen atoms in total. The highest BCUT2D eigenvalue weighted by atomic mass is 35.5. The average Bonchev–Trinajstić information content (AvgIpc) is 2.34. The van der Waals surface area contributed by atoms with Crippen molar-refractivity contribution in [2.45, 2.75) is 20.4 Å². The minimum Gasteiger partial charge on any atom is -0.492 e. The van der Waals surface area contributed by atoms with Gasteiger partial charge in [-0.25, -0.2) is 0 Å². The molecule has 1 aromatic rings. The first-order valence-electron chi connectivity index (χ1n) is 5.97. The van der Waals surface area contributed by atoms with E-state index >= 15 is 0 Å². The van der Waals surface area contributed by atoms with Crippen LogP contribution in [0.4, 0.5) is 0 Å². The number of hydrogen-bond donors (Lipinski definition) is 1. The Morgan fingerprint density at radius 3 is 2.88 bits per heavy atom. The summed E-state index contributed by atoms with van der Waals surface area (Å²) in [5, 5.41) is 4.05. The van der Waals surface area contributed by atoms with Gasteiger partial charge in [0.25, 0.3) is 0 Å². The van der Waals surface area contributed by atoms with Crippen LogP contribution in [0.3, 0.4) is 0 Å². The zero-order chi connectivity index (χ0) is 12.5. The molecule has 17 heavy (non-hydrogen) atoms. The standard InChI is InChI=1S/C13H20ClNOS/c1-3-15-10-11-9-12(14)5-6-13(11)16-7-8-17-4-2/h5-6,9,15H,3-4,7-8,10H2,1-2H3. The van der Waals surface area contributed by atoms with E-state index in [4.69, 9.17) is 16.3 Å². The highest BCUT2D eigenvalue weighted by molar-refractivity contribution is 7.99. The Morgan fingerprint density at radius 1 is 1.35 bits per heavy atom. The molecular formula is C13H20ClNOS. The maximum atomic E-state index is 5.99. The zero-order valence-electron chi connectivity index (χ0n) is 10.5. The molecule has 0 spiro atoms. The zero-order valence-corrected chi connectivity index (χ0v) is 12.0. The number of rotatable bonds is 8. The molecule has 0 saturated heterocycles. The smallest absolute Gasteiger partial charge is 0.123 e. The Hall–Kier alpha value is -0.380. The summed E-state index contributed by atoms with van der Waals surface area (Å²) in [6, 6.07) is 5.79. The summed E-state index contributed by atoms with van der Waals surface area (Å²) >= 11 is 7.88. The van der Waals surface area contributed by atoms with Crippen molar-refractivity contribution in [2.75, 3.05) is 24.7 Å². The number of thioether (sulfide) groups is 1. The molecule has 0 saturated carbocycles. The first-order chi connectivity index (χ1) is 8.27. The van der Waals surface area contributed by atoms with Gasteiger partial charge >= 0.3 is 0 Å². The molecule has 0 aliphatic heterocycles. The number of halogens is 1. The summed E-state index contributed by atoms with van der Waals surface area (Å²) in [4.78, 5) is 0. The van der Waals surface area contributed by atoms with Gasteiger partial charge in [0.05, 0.1) is 6.61 Å². The second kappa shape index (κ2) is 8.67. The lowest BCUT2D eigenvalue weighted by Gasteiger charge is -2.12. The minimum absolute atomic E-state index is 0.749. The van der Waals surface area contributed by atoms with Crippen molar-refractivity contribution in [1.29, 1.82) is 0 Å². The van der Waals surface area contributed by atoms with Crippen LogP contribution in [0.25, 0.3) is 0 Å². The second-order valence-electron chi connectivity index (χ2n) is 3.58. The highest BCUT2D eigenvalue weighted by Gasteiger charge is 2.04. The number of hydrogen-bond acceptors (Lipinski definition) is 3. The van der Waals surface area contributed by atoms with E-state index in [1.54, 1.807) is 0 Å². The summed E-state index contributed by atoms with van der Waals surface area (Å²) in [7, 11) is 0. The topological polar surface area (TPSA) is 21.3 Å². The Bertz CT molecular complexity index is 333. The van der Waals surface area contributed by atoms with E-state index in [9.17, 15) is 0 Å². The lowest BCUT2D eigenvalue weighted by molar-refractivity contribution is 0.339. The van der Waals surface area contributed by atoms with Crippen molar-refractivity contribution >= 4 is 23.4 Å². The van der Waals surface area contributed by atoms with Crippen LogP contribution in [-0.4, -0.2) is 24.7 Å². The fourth-order valence-electron chi connectivity index (χ4n) is 1.44. The van der Waals surface area contributed by atoms with Gasteiger partial charge in [0.2, 0.25) is 0 Å². The van der Waals surface area contributed by atoms with Gasteiger partial charge in [-0.1, -0.05) is 25.4 Å². The van der Waals surface area contributed by atoms with Crippen LogP contribution in [0.5, 0.6) is 5.75 Å². The molecule has 0 bridgehead atoms. The van der Waals surface area contributed by atoms with Crippen molar-refractivity contribution in [2.24, 2.45) is 0 Å². The molecule has 0 aromatic heterocycles. The Morgan fingerprint density at radius 2 is 2.18 bits per heavy atom. The quantitative estimate of drug-likeness (QED) is 0.732. The summed E-state index contributed by atoms with van der Waals surface area (Å²) < 4.78 is 5.77. The molecule has 4 heteroatoms. The molecule has 0 aliphatic carbocycles. The molecule has 0 fully saturated rings. The van der Waals surface area contributed by atoms with Crippen molar-refractivity contribution in [3.05, 3.63) is 28.8 Å². The van der Waals surface area contributed by atoms with E-state index in [0.29, 0.717) is 0 Å². The summed E-state index contributed by atoms with van der Waals surface area (Å²) in [5.74, 6) is 3.10. The first-order valence-corrected chi connectivity index (χ1v) is 7.50. The lowest BCUT2D eigenvalue weighted by atomic mass is 10.2. The molecule has 1 rings (SSSR count). The molecule has 0 heterocycles. The molecule has 0 unspecified atom stereocenters. The van der Waals surface area contributed by atoms with Gasteiger partial charge in [-0.2, -0.15) is 11.8 Å². The number of ether oxygens (including phenoxy) is 1. The van der Waals surface area contributed by atoms with Crippen LogP contribution < -0.4 is 10.1 Å². The Kier molecular flexibility index (Phi) is 7.49. The van der Waals surface area contributed by atoms with Crippen LogP contribution in [0, 0.1) is 0 Å². The average molecular weight is 274 g/mol. The van der Waals surface area contributed by atoms with Gasteiger partial charge in [-0.05, 0) is 30.5 Å². The largest absolute Gasteiger partial charge is 0.492 e. The van der Waals surface area contributed by atoms with Crippen molar-refractivity contribution in [1.82, 2.24) is 5.32 Å². The van der Waals surface area contributed by atoms with Crippen LogP contribution in [-0.2, 0) is 6.54 Å². The molecule has 1 N–H and O–H groups in total. The van der Waals surface area contributed by atoms with Crippen molar-refractivity contribution in [3.8, 4) is 5.75 Å². The predicted octanol–water partition coefficient (Wildman–Crippen LogP) is 3.58. The molecule has 1 aromatic carbocycles. The SMILES string of the molecule is CCNCc1cc(Cl)ccc1OCCSCC. The van der Waals surface area contributed by atoms with Crippen LogP contribution in [0.15, 0.2) is 18.2 Å². The molecule has 0 atom stereocenters. The Balaban J connectivity index is 2.55. The predicted molar refractivity (Wildman–Crippen MR) is 77.3 cm³/mol. The van der Waals surface area contributed by atoms with E-state index in [-0.39, 0.29) is 0 Å². The van der Waals surface area contributed by atoms with E-state index in [1.165, 1.54) is 0 Å². The fourth-order valence-corrected chi connectivity index (χ4v) is 2.13. The highest BCUT2D eigenvalue weighted by Crippen LogP contribution is 2.23. The third-order valence-corrected chi connectivity index (χ3v) is 3.38. The van der Waals surface area contributed by atoms with E-state index < -0.39 is 0 Å². The summed E-state index contributed by atoms with van der Waals surface area (Å²) in [5.41, 5.74) is 1.13. The number of benzene rings is 1. The van der Waals surface area contributed by atoms with Crippen LogP contribution in [0.1, 0.15) is 19.4 Å². The number of nitrogens with one attached hydrogen (secondary N) is 1. The van der Waals surface area contributed by atoms with E-state index in [0.717, 1.165) is 47.5 Å². The van der Waals surface area contributed by atoms with Crippen LogP contribution in [0.2, 0.25) is 5.02 Å².